The summed E-state index contributed by atoms with van der Waals surface area (Å²) < 4.78 is 0. The molecule has 22 heavy (non-hydrogen) atoms. The van der Waals surface area contributed by atoms with Gasteiger partial charge in [-0.05, 0) is 24.4 Å². The SMILES string of the molecule is CCN1CCN(C(=O)[C@@H]2CCC(=O)N2Cc2cccs2)CC1. The molecule has 0 saturated carbocycles. The van der Waals surface area contributed by atoms with E-state index in [-0.39, 0.29) is 17.9 Å². The summed E-state index contributed by atoms with van der Waals surface area (Å²) >= 11 is 1.64. The molecule has 0 spiro atoms. The molecule has 1 aromatic rings. The Balaban J connectivity index is 1.64. The van der Waals surface area contributed by atoms with Gasteiger partial charge in [0.1, 0.15) is 6.04 Å². The third-order valence-corrected chi connectivity index (χ3v) is 5.51. The molecule has 0 radical (unpaired) electrons. The molecule has 6 heteroatoms. The average molecular weight is 321 g/mol. The van der Waals surface area contributed by atoms with Crippen LogP contribution in [0.3, 0.4) is 0 Å². The first kappa shape index (κ1) is 15.5. The largest absolute Gasteiger partial charge is 0.338 e. The van der Waals surface area contributed by atoms with Crippen LogP contribution in [-0.4, -0.2) is 65.3 Å². The zero-order chi connectivity index (χ0) is 15.5. The molecule has 0 bridgehead atoms. The molecule has 3 rings (SSSR count). The van der Waals surface area contributed by atoms with E-state index >= 15 is 0 Å². The number of rotatable bonds is 4. The zero-order valence-corrected chi connectivity index (χ0v) is 13.8. The topological polar surface area (TPSA) is 43.9 Å². The van der Waals surface area contributed by atoms with Gasteiger partial charge in [0.05, 0.1) is 6.54 Å². The van der Waals surface area contributed by atoms with E-state index in [9.17, 15) is 9.59 Å². The van der Waals surface area contributed by atoms with Gasteiger partial charge in [-0.25, -0.2) is 0 Å². The van der Waals surface area contributed by atoms with E-state index < -0.39 is 0 Å². The van der Waals surface area contributed by atoms with Crippen molar-refractivity contribution in [2.45, 2.75) is 32.4 Å². The number of piperazine rings is 1. The normalized spacial score (nSPS) is 23.3. The van der Waals surface area contributed by atoms with Crippen LogP contribution in [0.2, 0.25) is 0 Å². The Morgan fingerprint density at radius 3 is 2.73 bits per heavy atom. The molecule has 0 N–H and O–H groups in total. The van der Waals surface area contributed by atoms with Gasteiger partial charge in [-0.3, -0.25) is 9.59 Å². The maximum absolute atomic E-state index is 12.8. The van der Waals surface area contributed by atoms with E-state index in [1.54, 1.807) is 16.2 Å². The minimum atomic E-state index is -0.261. The molecule has 2 amide bonds. The van der Waals surface area contributed by atoms with Crippen LogP contribution in [0, 0.1) is 0 Å². The fourth-order valence-corrected chi connectivity index (χ4v) is 3.96. The number of likely N-dealkylation sites (tertiary alicyclic amines) is 1. The first-order valence-electron chi connectivity index (χ1n) is 8.02. The second-order valence-corrected chi connectivity index (χ2v) is 6.95. The van der Waals surface area contributed by atoms with Gasteiger partial charge in [0.2, 0.25) is 11.8 Å². The Kier molecular flexibility index (Phi) is 4.78. The van der Waals surface area contributed by atoms with Gasteiger partial charge in [-0.2, -0.15) is 0 Å². The van der Waals surface area contributed by atoms with E-state index in [0.717, 1.165) is 37.6 Å². The fourth-order valence-electron chi connectivity index (χ4n) is 3.25. The molecular weight excluding hydrogens is 298 g/mol. The number of hydrogen-bond donors (Lipinski definition) is 0. The molecule has 0 aliphatic carbocycles. The van der Waals surface area contributed by atoms with Gasteiger partial charge in [-0.1, -0.05) is 13.0 Å². The third-order valence-electron chi connectivity index (χ3n) is 4.65. The van der Waals surface area contributed by atoms with Crippen molar-refractivity contribution >= 4 is 23.2 Å². The molecule has 3 heterocycles. The summed E-state index contributed by atoms with van der Waals surface area (Å²) in [6.07, 6.45) is 1.16. The standard InChI is InChI=1S/C16H23N3O2S/c1-2-17-7-9-18(10-8-17)16(21)14-5-6-15(20)19(14)12-13-4-3-11-22-13/h3-4,11,14H,2,5-10,12H2,1H3/t14-/m0/s1. The number of likely N-dealkylation sites (N-methyl/N-ethyl adjacent to an activating group) is 1. The van der Waals surface area contributed by atoms with Crippen LogP contribution < -0.4 is 0 Å². The van der Waals surface area contributed by atoms with Crippen molar-refractivity contribution in [3.05, 3.63) is 22.4 Å². The molecule has 120 valence electrons. The van der Waals surface area contributed by atoms with Crippen molar-refractivity contribution in [1.82, 2.24) is 14.7 Å². The minimum Gasteiger partial charge on any atom is -0.338 e. The van der Waals surface area contributed by atoms with Crippen LogP contribution in [0.4, 0.5) is 0 Å². The molecule has 1 aromatic heterocycles. The molecule has 5 nitrogen and oxygen atoms in total. The smallest absolute Gasteiger partial charge is 0.245 e. The Labute approximate surface area is 135 Å². The van der Waals surface area contributed by atoms with Crippen LogP contribution in [0.1, 0.15) is 24.6 Å². The number of hydrogen-bond acceptors (Lipinski definition) is 4. The van der Waals surface area contributed by atoms with Gasteiger partial charge >= 0.3 is 0 Å². The number of thiophene rings is 1. The van der Waals surface area contributed by atoms with E-state index in [0.29, 0.717) is 19.4 Å². The number of carbonyl (C=O) groups is 2. The van der Waals surface area contributed by atoms with Crippen molar-refractivity contribution in [1.29, 1.82) is 0 Å². The van der Waals surface area contributed by atoms with Gasteiger partial charge in [0.25, 0.3) is 0 Å². The second-order valence-electron chi connectivity index (χ2n) is 5.92. The molecule has 2 saturated heterocycles. The minimum absolute atomic E-state index is 0.110. The summed E-state index contributed by atoms with van der Waals surface area (Å²) in [6, 6.07) is 3.75. The van der Waals surface area contributed by atoms with Crippen molar-refractivity contribution in [3.63, 3.8) is 0 Å². The van der Waals surface area contributed by atoms with Crippen molar-refractivity contribution in [2.24, 2.45) is 0 Å². The Hall–Kier alpha value is -1.40. The molecule has 0 aromatic carbocycles. The quantitative estimate of drug-likeness (QED) is 0.842. The Bertz CT molecular complexity index is 524. The van der Waals surface area contributed by atoms with Gasteiger partial charge in [0.15, 0.2) is 0 Å². The average Bonchev–Trinajstić information content (AvgIpc) is 3.18. The number of amides is 2. The molecule has 0 unspecified atom stereocenters. The highest BCUT2D eigenvalue weighted by Gasteiger charge is 2.38. The monoisotopic (exact) mass is 321 g/mol. The summed E-state index contributed by atoms with van der Waals surface area (Å²) in [5.41, 5.74) is 0. The highest BCUT2D eigenvalue weighted by Crippen LogP contribution is 2.25. The van der Waals surface area contributed by atoms with Gasteiger partial charge in [-0.15, -0.1) is 11.3 Å². The maximum Gasteiger partial charge on any atom is 0.245 e. The summed E-state index contributed by atoms with van der Waals surface area (Å²) in [5.74, 6) is 0.247. The van der Waals surface area contributed by atoms with Gasteiger partial charge < -0.3 is 14.7 Å². The van der Waals surface area contributed by atoms with E-state index in [4.69, 9.17) is 0 Å². The van der Waals surface area contributed by atoms with E-state index in [2.05, 4.69) is 11.8 Å². The summed E-state index contributed by atoms with van der Waals surface area (Å²) in [7, 11) is 0. The first-order valence-corrected chi connectivity index (χ1v) is 8.90. The third kappa shape index (κ3) is 3.17. The van der Waals surface area contributed by atoms with E-state index in [1.165, 1.54) is 0 Å². The molecule has 2 fully saturated rings. The lowest BCUT2D eigenvalue weighted by Gasteiger charge is -2.36. The van der Waals surface area contributed by atoms with Crippen molar-refractivity contribution in [2.75, 3.05) is 32.7 Å². The lowest BCUT2D eigenvalue weighted by molar-refractivity contribution is -0.143. The molecular formula is C16H23N3O2S. The maximum atomic E-state index is 12.8. The van der Waals surface area contributed by atoms with E-state index in [1.807, 2.05) is 22.4 Å². The number of nitrogens with zero attached hydrogens (tertiary/aromatic N) is 3. The van der Waals surface area contributed by atoms with Crippen molar-refractivity contribution < 1.29 is 9.59 Å². The lowest BCUT2D eigenvalue weighted by atomic mass is 10.1. The van der Waals surface area contributed by atoms with Crippen molar-refractivity contribution in [3.8, 4) is 0 Å². The lowest BCUT2D eigenvalue weighted by Crippen LogP contribution is -2.53. The summed E-state index contributed by atoms with van der Waals surface area (Å²) in [5, 5.41) is 2.01. The molecule has 2 aliphatic rings. The Morgan fingerprint density at radius 2 is 2.09 bits per heavy atom. The number of carbonyl (C=O) groups excluding carboxylic acids is 2. The van der Waals surface area contributed by atoms with Gasteiger partial charge in [0, 0.05) is 37.5 Å². The van der Waals surface area contributed by atoms with Crippen LogP contribution in [0.15, 0.2) is 17.5 Å². The predicted octanol–water partition coefficient (Wildman–Crippen LogP) is 1.40. The fraction of sp³-hybridized carbons (Fsp3) is 0.625. The highest BCUT2D eigenvalue weighted by molar-refractivity contribution is 7.09. The first-order chi connectivity index (χ1) is 10.7. The van der Waals surface area contributed by atoms with Crippen LogP contribution in [0.25, 0.3) is 0 Å². The summed E-state index contributed by atoms with van der Waals surface area (Å²) in [6.45, 7) is 7.20. The van der Waals surface area contributed by atoms with Crippen LogP contribution >= 0.6 is 11.3 Å². The predicted molar refractivity (Wildman–Crippen MR) is 86.6 cm³/mol. The highest BCUT2D eigenvalue weighted by atomic mass is 32.1. The molecule has 2 aliphatic heterocycles. The van der Waals surface area contributed by atoms with Crippen LogP contribution in [0.5, 0.6) is 0 Å². The van der Waals surface area contributed by atoms with Crippen LogP contribution in [-0.2, 0) is 16.1 Å². The second kappa shape index (κ2) is 6.79. The Morgan fingerprint density at radius 1 is 1.32 bits per heavy atom. The summed E-state index contributed by atoms with van der Waals surface area (Å²) in [4.78, 5) is 32.2. The zero-order valence-electron chi connectivity index (χ0n) is 13.0. The molecule has 1 atom stereocenters.